The number of carboxylic acids is 1. The van der Waals surface area contributed by atoms with Gasteiger partial charge in [-0.2, -0.15) is 0 Å². The molecule has 0 radical (unpaired) electrons. The van der Waals surface area contributed by atoms with Crippen molar-refractivity contribution in [2.75, 3.05) is 11.9 Å². The van der Waals surface area contributed by atoms with E-state index in [2.05, 4.69) is 17.4 Å². The molecule has 0 unspecified atom stereocenters. The highest BCUT2D eigenvalue weighted by molar-refractivity contribution is 5.92. The molecular formula is C19H21NO4. The van der Waals surface area contributed by atoms with Crippen molar-refractivity contribution in [1.29, 1.82) is 0 Å². The van der Waals surface area contributed by atoms with Crippen LogP contribution in [0, 0.1) is 20.8 Å². The van der Waals surface area contributed by atoms with Crippen LogP contribution in [-0.4, -0.2) is 23.6 Å². The van der Waals surface area contributed by atoms with Crippen molar-refractivity contribution in [3.63, 3.8) is 0 Å². The zero-order valence-electron chi connectivity index (χ0n) is 14.1. The van der Waals surface area contributed by atoms with Crippen LogP contribution in [0.1, 0.15) is 22.3 Å². The van der Waals surface area contributed by atoms with Gasteiger partial charge in [-0.05, 0) is 61.7 Å². The Bertz CT molecular complexity index is 727. The van der Waals surface area contributed by atoms with E-state index in [1.807, 2.05) is 20.8 Å². The molecule has 5 nitrogen and oxygen atoms in total. The van der Waals surface area contributed by atoms with Crippen LogP contribution in [0.5, 0.6) is 5.75 Å². The van der Waals surface area contributed by atoms with Crippen molar-refractivity contribution in [2.45, 2.75) is 27.2 Å². The van der Waals surface area contributed by atoms with Gasteiger partial charge in [-0.15, -0.1) is 0 Å². The lowest BCUT2D eigenvalue weighted by molar-refractivity contribution is -0.139. The average Bonchev–Trinajstić information content (AvgIpc) is 2.50. The van der Waals surface area contributed by atoms with E-state index in [-0.39, 0.29) is 5.91 Å². The lowest BCUT2D eigenvalue weighted by Crippen LogP contribution is -2.16. The summed E-state index contributed by atoms with van der Waals surface area (Å²) in [4.78, 5) is 22.7. The molecule has 2 rings (SSSR count). The third kappa shape index (κ3) is 4.84. The fourth-order valence-corrected chi connectivity index (χ4v) is 2.63. The molecule has 126 valence electrons. The summed E-state index contributed by atoms with van der Waals surface area (Å²) in [6, 6.07) is 10.8. The van der Waals surface area contributed by atoms with Crippen LogP contribution in [-0.2, 0) is 16.0 Å². The van der Waals surface area contributed by atoms with E-state index in [4.69, 9.17) is 9.84 Å². The molecule has 0 aliphatic carbocycles. The average molecular weight is 327 g/mol. The highest BCUT2D eigenvalue weighted by Crippen LogP contribution is 2.19. The van der Waals surface area contributed by atoms with E-state index in [1.54, 1.807) is 24.3 Å². The van der Waals surface area contributed by atoms with Gasteiger partial charge in [-0.1, -0.05) is 17.7 Å². The highest BCUT2D eigenvalue weighted by Gasteiger charge is 2.10. The standard InChI is InChI=1S/C19H21NO4/c1-12-8-13(2)17(14(3)9-12)10-18(21)20-15-4-6-16(7-5-15)24-11-19(22)23/h4-9H,10-11H2,1-3H3,(H,20,21)(H,22,23). The van der Waals surface area contributed by atoms with Crippen molar-refractivity contribution in [3.05, 3.63) is 58.7 Å². The maximum atomic E-state index is 12.3. The minimum atomic E-state index is -1.03. The van der Waals surface area contributed by atoms with Crippen molar-refractivity contribution in [1.82, 2.24) is 0 Å². The summed E-state index contributed by atoms with van der Waals surface area (Å²) in [5.41, 5.74) is 5.09. The number of ether oxygens (including phenoxy) is 1. The molecule has 0 spiro atoms. The van der Waals surface area contributed by atoms with Gasteiger partial charge < -0.3 is 15.2 Å². The van der Waals surface area contributed by atoms with Gasteiger partial charge in [0.15, 0.2) is 6.61 Å². The molecule has 0 aromatic heterocycles. The van der Waals surface area contributed by atoms with E-state index in [9.17, 15) is 9.59 Å². The third-order valence-electron chi connectivity index (χ3n) is 3.68. The Labute approximate surface area is 141 Å². The molecule has 0 bridgehead atoms. The molecule has 0 saturated heterocycles. The Balaban J connectivity index is 1.99. The smallest absolute Gasteiger partial charge is 0.341 e. The molecule has 0 atom stereocenters. The van der Waals surface area contributed by atoms with Crippen molar-refractivity contribution in [2.24, 2.45) is 0 Å². The van der Waals surface area contributed by atoms with Gasteiger partial charge in [0.25, 0.3) is 0 Å². The van der Waals surface area contributed by atoms with Gasteiger partial charge in [-0.3, -0.25) is 4.79 Å². The highest BCUT2D eigenvalue weighted by atomic mass is 16.5. The number of aliphatic carboxylic acids is 1. The predicted molar refractivity (Wildman–Crippen MR) is 92.6 cm³/mol. The summed E-state index contributed by atoms with van der Waals surface area (Å²) in [7, 11) is 0. The number of carboxylic acid groups (broad SMARTS) is 1. The molecule has 24 heavy (non-hydrogen) atoms. The molecule has 2 aromatic carbocycles. The summed E-state index contributed by atoms with van der Waals surface area (Å²) in [6.07, 6.45) is 0.315. The minimum Gasteiger partial charge on any atom is -0.482 e. The maximum absolute atomic E-state index is 12.3. The van der Waals surface area contributed by atoms with Crippen LogP contribution in [0.3, 0.4) is 0 Å². The normalized spacial score (nSPS) is 10.3. The van der Waals surface area contributed by atoms with Crippen molar-refractivity contribution in [3.8, 4) is 5.75 Å². The van der Waals surface area contributed by atoms with E-state index < -0.39 is 12.6 Å². The number of carbonyl (C=O) groups excluding carboxylic acids is 1. The van der Waals surface area contributed by atoms with Crippen LogP contribution < -0.4 is 10.1 Å². The number of hydrogen-bond acceptors (Lipinski definition) is 3. The third-order valence-corrected chi connectivity index (χ3v) is 3.68. The Hall–Kier alpha value is -2.82. The largest absolute Gasteiger partial charge is 0.482 e. The Kier molecular flexibility index (Phi) is 5.58. The summed E-state index contributed by atoms with van der Waals surface area (Å²) in [6.45, 7) is 5.67. The number of anilines is 1. The van der Waals surface area contributed by atoms with Crippen LogP contribution in [0.4, 0.5) is 5.69 Å². The number of nitrogens with one attached hydrogen (secondary N) is 1. The number of amides is 1. The second kappa shape index (κ2) is 7.64. The lowest BCUT2D eigenvalue weighted by atomic mass is 9.97. The number of aryl methyl sites for hydroxylation is 3. The number of benzene rings is 2. The Morgan fingerprint density at radius 2 is 1.62 bits per heavy atom. The van der Waals surface area contributed by atoms with Gasteiger partial charge in [-0.25, -0.2) is 4.79 Å². The Morgan fingerprint density at radius 1 is 1.04 bits per heavy atom. The summed E-state index contributed by atoms with van der Waals surface area (Å²) < 4.78 is 5.05. The molecule has 0 aliphatic rings. The molecule has 5 heteroatoms. The van der Waals surface area contributed by atoms with Crippen LogP contribution in [0.2, 0.25) is 0 Å². The monoisotopic (exact) mass is 327 g/mol. The fraction of sp³-hybridized carbons (Fsp3) is 0.263. The number of carbonyl (C=O) groups is 2. The second-order valence-electron chi connectivity index (χ2n) is 5.81. The molecule has 1 amide bonds. The lowest BCUT2D eigenvalue weighted by Gasteiger charge is -2.12. The molecule has 2 aromatic rings. The van der Waals surface area contributed by atoms with E-state index in [0.717, 1.165) is 16.7 Å². The van der Waals surface area contributed by atoms with Gasteiger partial charge >= 0.3 is 5.97 Å². The quantitative estimate of drug-likeness (QED) is 0.854. The van der Waals surface area contributed by atoms with Crippen molar-refractivity contribution >= 4 is 17.6 Å². The predicted octanol–water partition coefficient (Wildman–Crippen LogP) is 3.26. The molecule has 0 aliphatic heterocycles. The topological polar surface area (TPSA) is 75.6 Å². The Morgan fingerprint density at radius 3 is 2.17 bits per heavy atom. The first kappa shape index (κ1) is 17.5. The SMILES string of the molecule is Cc1cc(C)c(CC(=O)Nc2ccc(OCC(=O)O)cc2)c(C)c1. The number of hydrogen-bond donors (Lipinski definition) is 2. The van der Waals surface area contributed by atoms with Gasteiger partial charge in [0, 0.05) is 5.69 Å². The van der Waals surface area contributed by atoms with Crippen LogP contribution in [0.15, 0.2) is 36.4 Å². The van der Waals surface area contributed by atoms with Gasteiger partial charge in [0.05, 0.1) is 6.42 Å². The summed E-state index contributed by atoms with van der Waals surface area (Å²) >= 11 is 0. The summed E-state index contributed by atoms with van der Waals surface area (Å²) in [5, 5.41) is 11.4. The van der Waals surface area contributed by atoms with Crippen molar-refractivity contribution < 1.29 is 19.4 Å². The summed E-state index contributed by atoms with van der Waals surface area (Å²) in [5.74, 6) is -0.680. The zero-order chi connectivity index (χ0) is 17.7. The second-order valence-corrected chi connectivity index (χ2v) is 5.81. The van der Waals surface area contributed by atoms with Gasteiger partial charge in [0.2, 0.25) is 5.91 Å². The molecule has 0 heterocycles. The maximum Gasteiger partial charge on any atom is 0.341 e. The molecule has 0 fully saturated rings. The van der Waals surface area contributed by atoms with Gasteiger partial charge in [0.1, 0.15) is 5.75 Å². The first-order valence-electron chi connectivity index (χ1n) is 7.66. The minimum absolute atomic E-state index is 0.0933. The van der Waals surface area contributed by atoms with E-state index in [1.165, 1.54) is 5.56 Å². The van der Waals surface area contributed by atoms with Crippen LogP contribution in [0.25, 0.3) is 0 Å². The molecular weight excluding hydrogens is 306 g/mol. The number of rotatable bonds is 6. The molecule has 2 N–H and O–H groups in total. The van der Waals surface area contributed by atoms with E-state index in [0.29, 0.717) is 17.9 Å². The first-order chi connectivity index (χ1) is 11.3. The van der Waals surface area contributed by atoms with E-state index >= 15 is 0 Å². The zero-order valence-corrected chi connectivity index (χ0v) is 14.1. The fourth-order valence-electron chi connectivity index (χ4n) is 2.63. The van der Waals surface area contributed by atoms with Crippen LogP contribution >= 0.6 is 0 Å². The molecule has 0 saturated carbocycles. The first-order valence-corrected chi connectivity index (χ1v) is 7.66.